The van der Waals surface area contributed by atoms with E-state index in [1.165, 1.54) is 16.3 Å². The molecular weight excluding hydrogens is 208 g/mol. The molecule has 0 aliphatic rings. The quantitative estimate of drug-likeness (QED) is 0.868. The maximum Gasteiger partial charge on any atom is 0.0622 e. The summed E-state index contributed by atoms with van der Waals surface area (Å²) in [7, 11) is 0. The van der Waals surface area contributed by atoms with Crippen molar-refractivity contribution in [2.24, 2.45) is 5.73 Å². The van der Waals surface area contributed by atoms with E-state index in [1.54, 1.807) is 0 Å². The number of nitriles is 1. The van der Waals surface area contributed by atoms with Gasteiger partial charge < -0.3 is 5.73 Å². The number of nitrogens with two attached hydrogens (primary N) is 1. The number of hydrogen-bond donors (Lipinski definition) is 1. The predicted molar refractivity (Wildman–Crippen MR) is 70.5 cm³/mol. The molecule has 2 heteroatoms. The molecule has 0 saturated carbocycles. The lowest BCUT2D eigenvalue weighted by Gasteiger charge is -2.11. The zero-order valence-corrected chi connectivity index (χ0v) is 9.98. The SMILES string of the molecule is Cc1ccc2cc(C(N)CCC#N)ccc2c1. The second-order valence-electron chi connectivity index (χ2n) is 4.41. The van der Waals surface area contributed by atoms with E-state index < -0.39 is 0 Å². The summed E-state index contributed by atoms with van der Waals surface area (Å²) < 4.78 is 0. The van der Waals surface area contributed by atoms with Gasteiger partial charge in [-0.2, -0.15) is 5.26 Å². The molecule has 0 fully saturated rings. The van der Waals surface area contributed by atoms with Crippen LogP contribution in [0.25, 0.3) is 10.8 Å². The van der Waals surface area contributed by atoms with Gasteiger partial charge in [0.15, 0.2) is 0 Å². The third kappa shape index (κ3) is 2.64. The first-order valence-corrected chi connectivity index (χ1v) is 5.83. The van der Waals surface area contributed by atoms with E-state index in [2.05, 4.69) is 49.4 Å². The minimum Gasteiger partial charge on any atom is -0.324 e. The summed E-state index contributed by atoms with van der Waals surface area (Å²) in [5.41, 5.74) is 8.42. The molecule has 0 amide bonds. The van der Waals surface area contributed by atoms with Crippen LogP contribution in [-0.2, 0) is 0 Å². The minimum atomic E-state index is -0.0413. The summed E-state index contributed by atoms with van der Waals surface area (Å²) in [5.74, 6) is 0. The van der Waals surface area contributed by atoms with Gasteiger partial charge in [0.25, 0.3) is 0 Å². The van der Waals surface area contributed by atoms with Gasteiger partial charge in [0.05, 0.1) is 6.07 Å². The summed E-state index contributed by atoms with van der Waals surface area (Å²) in [5, 5.41) is 11.0. The van der Waals surface area contributed by atoms with Crippen LogP contribution >= 0.6 is 0 Å². The second kappa shape index (κ2) is 4.99. The molecule has 2 rings (SSSR count). The van der Waals surface area contributed by atoms with Gasteiger partial charge in [-0.25, -0.2) is 0 Å². The molecule has 1 unspecified atom stereocenters. The molecule has 0 aliphatic heterocycles. The van der Waals surface area contributed by atoms with Crippen LogP contribution in [0, 0.1) is 18.3 Å². The fourth-order valence-corrected chi connectivity index (χ4v) is 2.00. The summed E-state index contributed by atoms with van der Waals surface area (Å²) in [6, 6.07) is 14.8. The van der Waals surface area contributed by atoms with Gasteiger partial charge in [0, 0.05) is 12.5 Å². The highest BCUT2D eigenvalue weighted by Crippen LogP contribution is 2.22. The molecule has 0 radical (unpaired) electrons. The molecule has 2 N–H and O–H groups in total. The Morgan fingerprint density at radius 1 is 1.18 bits per heavy atom. The fraction of sp³-hybridized carbons (Fsp3) is 0.267. The zero-order valence-electron chi connectivity index (χ0n) is 9.98. The highest BCUT2D eigenvalue weighted by atomic mass is 14.6. The monoisotopic (exact) mass is 224 g/mol. The van der Waals surface area contributed by atoms with Gasteiger partial charge in [-0.15, -0.1) is 0 Å². The molecule has 17 heavy (non-hydrogen) atoms. The van der Waals surface area contributed by atoms with Crippen molar-refractivity contribution in [2.45, 2.75) is 25.8 Å². The third-order valence-corrected chi connectivity index (χ3v) is 3.02. The molecule has 0 saturated heterocycles. The van der Waals surface area contributed by atoms with E-state index in [0.717, 1.165) is 5.56 Å². The largest absolute Gasteiger partial charge is 0.324 e. The van der Waals surface area contributed by atoms with Gasteiger partial charge in [-0.1, -0.05) is 35.9 Å². The van der Waals surface area contributed by atoms with E-state index in [0.29, 0.717) is 12.8 Å². The number of rotatable bonds is 3. The van der Waals surface area contributed by atoms with Crippen LogP contribution in [0.15, 0.2) is 36.4 Å². The van der Waals surface area contributed by atoms with Crippen LogP contribution in [0.4, 0.5) is 0 Å². The number of nitrogens with zero attached hydrogens (tertiary/aromatic N) is 1. The molecule has 0 heterocycles. The highest BCUT2D eigenvalue weighted by Gasteiger charge is 2.06. The van der Waals surface area contributed by atoms with Crippen LogP contribution in [0.2, 0.25) is 0 Å². The van der Waals surface area contributed by atoms with E-state index in [-0.39, 0.29) is 6.04 Å². The first-order chi connectivity index (χ1) is 8.20. The minimum absolute atomic E-state index is 0.0413. The third-order valence-electron chi connectivity index (χ3n) is 3.02. The van der Waals surface area contributed by atoms with Crippen LogP contribution in [0.3, 0.4) is 0 Å². The first kappa shape index (κ1) is 11.6. The fourth-order valence-electron chi connectivity index (χ4n) is 2.00. The van der Waals surface area contributed by atoms with Gasteiger partial charge in [0.1, 0.15) is 0 Å². The number of aryl methyl sites for hydroxylation is 1. The predicted octanol–water partition coefficient (Wildman–Crippen LogP) is 3.45. The van der Waals surface area contributed by atoms with Crippen LogP contribution < -0.4 is 5.73 Å². The van der Waals surface area contributed by atoms with Crippen molar-refractivity contribution in [1.29, 1.82) is 5.26 Å². The molecule has 2 aromatic carbocycles. The molecule has 0 aromatic heterocycles. The normalized spacial score (nSPS) is 12.3. The van der Waals surface area contributed by atoms with Gasteiger partial charge in [0.2, 0.25) is 0 Å². The van der Waals surface area contributed by atoms with Crippen LogP contribution in [0.5, 0.6) is 0 Å². The Morgan fingerprint density at radius 2 is 1.88 bits per heavy atom. The lowest BCUT2D eigenvalue weighted by Crippen LogP contribution is -2.09. The van der Waals surface area contributed by atoms with E-state index in [1.807, 2.05) is 0 Å². The Balaban J connectivity index is 2.32. The molecule has 2 aromatic rings. The number of benzene rings is 2. The lowest BCUT2D eigenvalue weighted by atomic mass is 9.99. The molecule has 1 atom stereocenters. The molecule has 2 nitrogen and oxygen atoms in total. The number of fused-ring (bicyclic) bond motifs is 1. The summed E-state index contributed by atoms with van der Waals surface area (Å²) in [6.07, 6.45) is 1.22. The van der Waals surface area contributed by atoms with Crippen molar-refractivity contribution < 1.29 is 0 Å². The average molecular weight is 224 g/mol. The van der Waals surface area contributed by atoms with Crippen molar-refractivity contribution in [2.75, 3.05) is 0 Å². The van der Waals surface area contributed by atoms with Crippen molar-refractivity contribution >= 4 is 10.8 Å². The van der Waals surface area contributed by atoms with Crippen molar-refractivity contribution in [3.63, 3.8) is 0 Å². The standard InChI is InChI=1S/C15H16N2/c1-11-4-5-13-10-14(7-6-12(13)9-11)15(17)3-2-8-16/h4-7,9-10,15H,2-3,17H2,1H3. The van der Waals surface area contributed by atoms with Crippen molar-refractivity contribution in [1.82, 2.24) is 0 Å². The molecule has 86 valence electrons. The van der Waals surface area contributed by atoms with E-state index in [9.17, 15) is 0 Å². The van der Waals surface area contributed by atoms with Crippen LogP contribution in [-0.4, -0.2) is 0 Å². The topological polar surface area (TPSA) is 49.8 Å². The van der Waals surface area contributed by atoms with Crippen LogP contribution in [0.1, 0.15) is 30.0 Å². The Labute approximate surface area is 102 Å². The smallest absolute Gasteiger partial charge is 0.0622 e. The van der Waals surface area contributed by atoms with Gasteiger partial charge in [-0.05, 0) is 35.7 Å². The van der Waals surface area contributed by atoms with Gasteiger partial charge in [-0.3, -0.25) is 0 Å². The molecular formula is C15H16N2. The summed E-state index contributed by atoms with van der Waals surface area (Å²) in [4.78, 5) is 0. The highest BCUT2D eigenvalue weighted by molar-refractivity contribution is 5.83. The Morgan fingerprint density at radius 3 is 2.65 bits per heavy atom. The molecule has 0 spiro atoms. The Hall–Kier alpha value is -1.85. The molecule has 0 bridgehead atoms. The maximum atomic E-state index is 8.56. The second-order valence-corrected chi connectivity index (χ2v) is 4.41. The van der Waals surface area contributed by atoms with E-state index >= 15 is 0 Å². The Bertz CT molecular complexity index is 567. The van der Waals surface area contributed by atoms with Crippen molar-refractivity contribution in [3.8, 4) is 6.07 Å². The Kier molecular flexibility index (Phi) is 3.41. The zero-order chi connectivity index (χ0) is 12.3. The van der Waals surface area contributed by atoms with Gasteiger partial charge >= 0.3 is 0 Å². The molecule has 0 aliphatic carbocycles. The average Bonchev–Trinajstić information content (AvgIpc) is 2.35. The lowest BCUT2D eigenvalue weighted by molar-refractivity contribution is 0.666. The van der Waals surface area contributed by atoms with Crippen molar-refractivity contribution in [3.05, 3.63) is 47.5 Å². The maximum absolute atomic E-state index is 8.56. The van der Waals surface area contributed by atoms with E-state index in [4.69, 9.17) is 11.0 Å². The first-order valence-electron chi connectivity index (χ1n) is 5.83. The summed E-state index contributed by atoms with van der Waals surface area (Å²) >= 11 is 0. The number of hydrogen-bond acceptors (Lipinski definition) is 2. The summed E-state index contributed by atoms with van der Waals surface area (Å²) in [6.45, 7) is 2.09.